The van der Waals surface area contributed by atoms with Gasteiger partial charge in [-0.05, 0) is 34.3 Å². The molecule has 1 rings (SSSR count). The van der Waals surface area contributed by atoms with E-state index in [0.717, 1.165) is 10.9 Å². The van der Waals surface area contributed by atoms with E-state index in [4.69, 9.17) is 5.84 Å². The zero-order valence-electron chi connectivity index (χ0n) is 9.96. The average Bonchev–Trinajstić information content (AvgIpc) is 2.28. The van der Waals surface area contributed by atoms with Gasteiger partial charge in [0, 0.05) is 17.2 Å². The van der Waals surface area contributed by atoms with E-state index >= 15 is 0 Å². The Kier molecular flexibility index (Phi) is 5.37. The fourth-order valence-corrected chi connectivity index (χ4v) is 1.63. The summed E-state index contributed by atoms with van der Waals surface area (Å²) < 4.78 is 0.741. The van der Waals surface area contributed by atoms with Gasteiger partial charge in [0.2, 0.25) is 0 Å². The number of hydrogen-bond donors (Lipinski definition) is 3. The molecule has 0 saturated carbocycles. The van der Waals surface area contributed by atoms with Crippen molar-refractivity contribution in [1.29, 1.82) is 0 Å². The third-order valence-electron chi connectivity index (χ3n) is 2.24. The molecule has 0 atom stereocenters. The minimum Gasteiger partial charge on any atom is -0.352 e. The molecule has 0 radical (unpaired) electrons. The van der Waals surface area contributed by atoms with E-state index in [1.165, 1.54) is 0 Å². The highest BCUT2D eigenvalue weighted by atomic mass is 79.9. The lowest BCUT2D eigenvalue weighted by atomic mass is 10.1. The van der Waals surface area contributed by atoms with Gasteiger partial charge in [0.05, 0.1) is 5.56 Å². The number of aromatic nitrogens is 1. The highest BCUT2D eigenvalue weighted by molar-refractivity contribution is 9.10. The molecule has 5 nitrogen and oxygen atoms in total. The van der Waals surface area contributed by atoms with Crippen molar-refractivity contribution < 1.29 is 4.79 Å². The zero-order valence-corrected chi connectivity index (χ0v) is 11.5. The van der Waals surface area contributed by atoms with Crippen LogP contribution in [-0.4, -0.2) is 17.4 Å². The molecule has 0 saturated heterocycles. The molecule has 0 spiro atoms. The van der Waals surface area contributed by atoms with Crippen molar-refractivity contribution in [2.75, 3.05) is 12.0 Å². The van der Waals surface area contributed by atoms with Gasteiger partial charge in [-0.2, -0.15) is 0 Å². The van der Waals surface area contributed by atoms with Crippen LogP contribution in [-0.2, 0) is 0 Å². The van der Waals surface area contributed by atoms with Crippen molar-refractivity contribution in [3.8, 4) is 0 Å². The van der Waals surface area contributed by atoms with Crippen LogP contribution in [0.4, 0.5) is 5.82 Å². The quantitative estimate of drug-likeness (QED) is 0.573. The number of amides is 1. The summed E-state index contributed by atoms with van der Waals surface area (Å²) >= 11 is 3.27. The lowest BCUT2D eigenvalue weighted by molar-refractivity contribution is 0.0952. The lowest BCUT2D eigenvalue weighted by Gasteiger charge is -2.10. The Labute approximate surface area is 109 Å². The molecule has 4 N–H and O–H groups in total. The first-order chi connectivity index (χ1) is 8.04. The molecule has 0 aliphatic carbocycles. The summed E-state index contributed by atoms with van der Waals surface area (Å²) in [6.07, 6.45) is 2.53. The van der Waals surface area contributed by atoms with Gasteiger partial charge in [0.1, 0.15) is 0 Å². The van der Waals surface area contributed by atoms with Gasteiger partial charge >= 0.3 is 0 Å². The van der Waals surface area contributed by atoms with E-state index in [2.05, 4.69) is 45.5 Å². The Hall–Kier alpha value is -1.14. The van der Waals surface area contributed by atoms with Crippen LogP contribution in [0, 0.1) is 5.92 Å². The first-order valence-electron chi connectivity index (χ1n) is 5.45. The number of halogens is 1. The summed E-state index contributed by atoms with van der Waals surface area (Å²) in [7, 11) is 0. The molecule has 0 aromatic carbocycles. The van der Waals surface area contributed by atoms with Crippen molar-refractivity contribution in [3.63, 3.8) is 0 Å². The van der Waals surface area contributed by atoms with Crippen LogP contribution in [0.25, 0.3) is 0 Å². The van der Waals surface area contributed by atoms with Crippen LogP contribution < -0.4 is 16.6 Å². The molecule has 0 unspecified atom stereocenters. The smallest absolute Gasteiger partial charge is 0.255 e. The summed E-state index contributed by atoms with van der Waals surface area (Å²) in [6.45, 7) is 4.87. The third-order valence-corrected chi connectivity index (χ3v) is 2.68. The lowest BCUT2D eigenvalue weighted by Crippen LogP contribution is -2.27. The Morgan fingerprint density at radius 3 is 2.88 bits per heavy atom. The monoisotopic (exact) mass is 300 g/mol. The summed E-state index contributed by atoms with van der Waals surface area (Å²) in [6, 6.07) is 1.69. The maximum atomic E-state index is 11.9. The van der Waals surface area contributed by atoms with E-state index in [1.807, 2.05) is 0 Å². The van der Waals surface area contributed by atoms with Crippen LogP contribution in [0.15, 0.2) is 16.7 Å². The molecule has 1 amide bonds. The molecule has 0 aliphatic rings. The Bertz CT molecular complexity index is 395. The number of nitrogens with zero attached hydrogens (tertiary/aromatic N) is 1. The molecule has 6 heteroatoms. The van der Waals surface area contributed by atoms with Gasteiger partial charge in [-0.25, -0.2) is 10.8 Å². The highest BCUT2D eigenvalue weighted by Gasteiger charge is 2.12. The number of nitrogen functional groups attached to an aromatic ring is 1. The molecule has 1 aromatic rings. The molecule has 0 aliphatic heterocycles. The summed E-state index contributed by atoms with van der Waals surface area (Å²) in [4.78, 5) is 15.9. The molecular weight excluding hydrogens is 284 g/mol. The second kappa shape index (κ2) is 6.56. The number of nitrogens with two attached hydrogens (primary N) is 1. The second-order valence-electron chi connectivity index (χ2n) is 4.13. The first kappa shape index (κ1) is 13.9. The molecule has 1 aromatic heterocycles. The van der Waals surface area contributed by atoms with E-state index in [-0.39, 0.29) is 5.91 Å². The first-order valence-corrected chi connectivity index (χ1v) is 6.24. The van der Waals surface area contributed by atoms with E-state index in [9.17, 15) is 4.79 Å². The minimum absolute atomic E-state index is 0.174. The van der Waals surface area contributed by atoms with E-state index in [0.29, 0.717) is 23.8 Å². The van der Waals surface area contributed by atoms with Crippen LogP contribution in [0.3, 0.4) is 0 Å². The number of carbonyl (C=O) groups excluding carboxylic acids is 1. The molecular formula is C11H17BrN4O. The number of nitrogens with one attached hydrogen (secondary N) is 2. The standard InChI is InChI=1S/C11H17BrN4O/c1-7(2)3-4-14-11(17)9-5-8(12)6-15-10(9)16-13/h5-7H,3-4,13H2,1-2H3,(H,14,17)(H,15,16). The number of anilines is 1. The van der Waals surface area contributed by atoms with E-state index in [1.54, 1.807) is 12.3 Å². The predicted molar refractivity (Wildman–Crippen MR) is 71.5 cm³/mol. The summed E-state index contributed by atoms with van der Waals surface area (Å²) in [5, 5.41) is 2.84. The van der Waals surface area contributed by atoms with Crippen molar-refractivity contribution in [1.82, 2.24) is 10.3 Å². The SMILES string of the molecule is CC(C)CCNC(=O)c1cc(Br)cnc1NN. The Morgan fingerprint density at radius 2 is 2.29 bits per heavy atom. The number of rotatable bonds is 5. The average molecular weight is 301 g/mol. The van der Waals surface area contributed by atoms with Gasteiger partial charge in [0.15, 0.2) is 5.82 Å². The van der Waals surface area contributed by atoms with Crippen LogP contribution in [0.1, 0.15) is 30.6 Å². The summed E-state index contributed by atoms with van der Waals surface area (Å²) in [5.41, 5.74) is 2.85. The molecule has 17 heavy (non-hydrogen) atoms. The van der Waals surface area contributed by atoms with Gasteiger partial charge < -0.3 is 10.7 Å². The van der Waals surface area contributed by atoms with Gasteiger partial charge in [0.25, 0.3) is 5.91 Å². The van der Waals surface area contributed by atoms with Gasteiger partial charge in [-0.1, -0.05) is 13.8 Å². The van der Waals surface area contributed by atoms with Gasteiger partial charge in [-0.15, -0.1) is 0 Å². The van der Waals surface area contributed by atoms with Crippen LogP contribution in [0.2, 0.25) is 0 Å². The predicted octanol–water partition coefficient (Wildman–Crippen LogP) is 1.91. The molecule has 0 fully saturated rings. The highest BCUT2D eigenvalue weighted by Crippen LogP contribution is 2.17. The van der Waals surface area contributed by atoms with Crippen LogP contribution >= 0.6 is 15.9 Å². The Morgan fingerprint density at radius 1 is 1.59 bits per heavy atom. The summed E-state index contributed by atoms with van der Waals surface area (Å²) in [5.74, 6) is 6.06. The number of hydrogen-bond acceptors (Lipinski definition) is 4. The fourth-order valence-electron chi connectivity index (χ4n) is 1.30. The maximum absolute atomic E-state index is 11.9. The molecule has 94 valence electrons. The molecule has 0 bridgehead atoms. The van der Waals surface area contributed by atoms with Crippen molar-refractivity contribution in [3.05, 3.63) is 22.3 Å². The van der Waals surface area contributed by atoms with Crippen molar-refractivity contribution in [2.24, 2.45) is 11.8 Å². The topological polar surface area (TPSA) is 80.0 Å². The Balaban J connectivity index is 2.70. The van der Waals surface area contributed by atoms with Gasteiger partial charge in [-0.3, -0.25) is 4.79 Å². The molecule has 1 heterocycles. The van der Waals surface area contributed by atoms with Crippen LogP contribution in [0.5, 0.6) is 0 Å². The number of carbonyl (C=O) groups is 1. The second-order valence-corrected chi connectivity index (χ2v) is 5.05. The van der Waals surface area contributed by atoms with E-state index < -0.39 is 0 Å². The third kappa shape index (κ3) is 4.32. The number of pyridine rings is 1. The number of hydrazine groups is 1. The minimum atomic E-state index is -0.174. The van der Waals surface area contributed by atoms with Crippen molar-refractivity contribution >= 4 is 27.7 Å². The largest absolute Gasteiger partial charge is 0.352 e. The zero-order chi connectivity index (χ0) is 12.8. The normalized spacial score (nSPS) is 10.4. The van der Waals surface area contributed by atoms with Crippen molar-refractivity contribution in [2.45, 2.75) is 20.3 Å². The fraction of sp³-hybridized carbons (Fsp3) is 0.455. The maximum Gasteiger partial charge on any atom is 0.255 e.